The number of amides is 1. The Hall–Kier alpha value is -2.65. The number of benzene rings is 1. The lowest BCUT2D eigenvalue weighted by Crippen LogP contribution is -2.28. The number of carbonyl (C=O) groups excluding carboxylic acids is 1. The highest BCUT2D eigenvalue weighted by Gasteiger charge is 2.10. The lowest BCUT2D eigenvalue weighted by atomic mass is 10.2. The second-order valence-corrected chi connectivity index (χ2v) is 5.87. The third-order valence-corrected chi connectivity index (χ3v) is 4.15. The SMILES string of the molecule is N#C/C(=C\c1ccco1)C(=O)NCC[S@@](=O)c1ccccc1. The molecule has 0 aliphatic rings. The van der Waals surface area contributed by atoms with Gasteiger partial charge in [0.2, 0.25) is 0 Å². The van der Waals surface area contributed by atoms with Gasteiger partial charge >= 0.3 is 0 Å². The Balaban J connectivity index is 1.87. The predicted molar refractivity (Wildman–Crippen MR) is 83.0 cm³/mol. The minimum Gasteiger partial charge on any atom is -0.465 e. The molecule has 0 aliphatic heterocycles. The fourth-order valence-electron chi connectivity index (χ4n) is 1.71. The van der Waals surface area contributed by atoms with Crippen LogP contribution >= 0.6 is 0 Å². The zero-order valence-electron chi connectivity index (χ0n) is 11.7. The van der Waals surface area contributed by atoms with Crippen molar-refractivity contribution < 1.29 is 13.4 Å². The molecule has 1 atom stereocenters. The Morgan fingerprint density at radius 1 is 1.27 bits per heavy atom. The van der Waals surface area contributed by atoms with Crippen LogP contribution in [-0.4, -0.2) is 22.4 Å². The minimum absolute atomic E-state index is 0.0551. The highest BCUT2D eigenvalue weighted by molar-refractivity contribution is 7.85. The molecule has 2 aromatic rings. The van der Waals surface area contributed by atoms with E-state index in [1.165, 1.54) is 12.3 Å². The van der Waals surface area contributed by atoms with Crippen molar-refractivity contribution in [3.8, 4) is 6.07 Å². The van der Waals surface area contributed by atoms with E-state index >= 15 is 0 Å². The number of nitrogens with zero attached hydrogens (tertiary/aromatic N) is 1. The molecule has 0 saturated heterocycles. The van der Waals surface area contributed by atoms with Gasteiger partial charge in [-0.15, -0.1) is 0 Å². The second-order valence-electron chi connectivity index (χ2n) is 4.30. The normalized spacial score (nSPS) is 12.4. The van der Waals surface area contributed by atoms with E-state index in [0.29, 0.717) is 10.7 Å². The van der Waals surface area contributed by atoms with Crippen LogP contribution in [0.15, 0.2) is 63.6 Å². The molecule has 1 heterocycles. The molecule has 5 nitrogen and oxygen atoms in total. The molecular weight excluding hydrogens is 300 g/mol. The van der Waals surface area contributed by atoms with Crippen molar-refractivity contribution in [2.24, 2.45) is 0 Å². The first kappa shape index (κ1) is 15.7. The average molecular weight is 314 g/mol. The van der Waals surface area contributed by atoms with E-state index < -0.39 is 16.7 Å². The summed E-state index contributed by atoms with van der Waals surface area (Å²) in [4.78, 5) is 12.6. The highest BCUT2D eigenvalue weighted by atomic mass is 32.2. The van der Waals surface area contributed by atoms with Crippen LogP contribution in [0.1, 0.15) is 5.76 Å². The van der Waals surface area contributed by atoms with Crippen LogP contribution in [0, 0.1) is 11.3 Å². The van der Waals surface area contributed by atoms with Gasteiger partial charge in [0.1, 0.15) is 17.4 Å². The van der Waals surface area contributed by atoms with Crippen molar-refractivity contribution in [3.63, 3.8) is 0 Å². The van der Waals surface area contributed by atoms with Gasteiger partial charge in [-0.3, -0.25) is 9.00 Å². The lowest BCUT2D eigenvalue weighted by Gasteiger charge is -2.04. The van der Waals surface area contributed by atoms with Gasteiger partial charge < -0.3 is 9.73 Å². The Bertz CT molecular complexity index is 716. The maximum Gasteiger partial charge on any atom is 0.262 e. The van der Waals surface area contributed by atoms with E-state index in [4.69, 9.17) is 9.68 Å². The summed E-state index contributed by atoms with van der Waals surface area (Å²) >= 11 is 0. The molecule has 0 radical (unpaired) electrons. The Morgan fingerprint density at radius 2 is 2.05 bits per heavy atom. The van der Waals surface area contributed by atoms with Crippen LogP contribution in [-0.2, 0) is 15.6 Å². The molecule has 2 rings (SSSR count). The van der Waals surface area contributed by atoms with Gasteiger partial charge in [-0.25, -0.2) is 0 Å². The number of hydrogen-bond donors (Lipinski definition) is 1. The lowest BCUT2D eigenvalue weighted by molar-refractivity contribution is -0.116. The number of rotatable bonds is 6. The summed E-state index contributed by atoms with van der Waals surface area (Å²) in [6, 6.07) is 14.2. The largest absolute Gasteiger partial charge is 0.465 e. The predicted octanol–water partition coefficient (Wildman–Crippen LogP) is 2.11. The standard InChI is InChI=1S/C16H14N2O3S/c17-12-13(11-14-5-4-9-21-14)16(19)18-8-10-22(20)15-6-2-1-3-7-15/h1-7,9,11H,8,10H2,(H,18,19)/b13-11+/t22-/m1/s1. The van der Waals surface area contributed by atoms with E-state index in [-0.39, 0.29) is 17.9 Å². The molecule has 22 heavy (non-hydrogen) atoms. The fraction of sp³-hybridized carbons (Fsp3) is 0.125. The number of furan rings is 1. The van der Waals surface area contributed by atoms with Gasteiger partial charge in [0.15, 0.2) is 0 Å². The topological polar surface area (TPSA) is 83.1 Å². The number of hydrogen-bond acceptors (Lipinski definition) is 4. The fourth-order valence-corrected chi connectivity index (χ4v) is 2.69. The summed E-state index contributed by atoms with van der Waals surface area (Å²) in [6.07, 6.45) is 2.82. The van der Waals surface area contributed by atoms with Crippen molar-refractivity contribution in [3.05, 3.63) is 60.1 Å². The van der Waals surface area contributed by atoms with Gasteiger partial charge in [0.05, 0.1) is 17.1 Å². The second kappa shape index (κ2) is 7.96. The van der Waals surface area contributed by atoms with Crippen LogP contribution in [0.3, 0.4) is 0 Å². The quantitative estimate of drug-likeness (QED) is 0.654. The first-order valence-corrected chi connectivity index (χ1v) is 7.89. The molecule has 1 N–H and O–H groups in total. The molecule has 0 spiro atoms. The third kappa shape index (κ3) is 4.43. The maximum atomic E-state index is 12.0. The Kier molecular flexibility index (Phi) is 5.69. The molecule has 0 aliphatic carbocycles. The molecule has 0 saturated carbocycles. The monoisotopic (exact) mass is 314 g/mol. The summed E-state index contributed by atoms with van der Waals surface area (Å²) in [5, 5.41) is 11.6. The zero-order chi connectivity index (χ0) is 15.8. The number of nitrogens with one attached hydrogen (secondary N) is 1. The van der Waals surface area contributed by atoms with Crippen molar-refractivity contribution in [2.75, 3.05) is 12.3 Å². The summed E-state index contributed by atoms with van der Waals surface area (Å²) < 4.78 is 17.0. The van der Waals surface area contributed by atoms with E-state index in [2.05, 4.69) is 5.32 Å². The van der Waals surface area contributed by atoms with Crippen molar-refractivity contribution in [2.45, 2.75) is 4.90 Å². The third-order valence-electron chi connectivity index (χ3n) is 2.77. The first-order chi connectivity index (χ1) is 10.7. The van der Waals surface area contributed by atoms with E-state index in [1.807, 2.05) is 24.3 Å². The van der Waals surface area contributed by atoms with Gasteiger partial charge in [-0.05, 0) is 24.3 Å². The summed E-state index contributed by atoms with van der Waals surface area (Å²) in [5.74, 6) is 0.207. The van der Waals surface area contributed by atoms with Gasteiger partial charge in [-0.1, -0.05) is 18.2 Å². The van der Waals surface area contributed by atoms with E-state index in [1.54, 1.807) is 24.3 Å². The molecule has 1 aromatic carbocycles. The molecule has 112 valence electrons. The van der Waals surface area contributed by atoms with Crippen LogP contribution in [0.2, 0.25) is 0 Å². The van der Waals surface area contributed by atoms with Gasteiger partial charge in [-0.2, -0.15) is 5.26 Å². The first-order valence-electron chi connectivity index (χ1n) is 6.57. The van der Waals surface area contributed by atoms with Gasteiger partial charge in [0.25, 0.3) is 5.91 Å². The minimum atomic E-state index is -1.18. The molecule has 1 aromatic heterocycles. The number of carbonyl (C=O) groups is 1. The molecule has 0 fully saturated rings. The smallest absolute Gasteiger partial charge is 0.262 e. The van der Waals surface area contributed by atoms with E-state index in [9.17, 15) is 9.00 Å². The van der Waals surface area contributed by atoms with Crippen LogP contribution in [0.5, 0.6) is 0 Å². The molecular formula is C16H14N2O3S. The highest BCUT2D eigenvalue weighted by Crippen LogP contribution is 2.07. The summed E-state index contributed by atoms with van der Waals surface area (Å²) in [5.41, 5.74) is -0.0551. The van der Waals surface area contributed by atoms with Crippen molar-refractivity contribution >= 4 is 22.8 Å². The average Bonchev–Trinajstić information content (AvgIpc) is 3.06. The molecule has 0 bridgehead atoms. The Labute approximate surface area is 130 Å². The van der Waals surface area contributed by atoms with Gasteiger partial charge in [0, 0.05) is 23.3 Å². The summed E-state index contributed by atoms with van der Waals surface area (Å²) in [7, 11) is -1.18. The van der Waals surface area contributed by atoms with Crippen LogP contribution in [0.4, 0.5) is 0 Å². The molecule has 6 heteroatoms. The van der Waals surface area contributed by atoms with Crippen molar-refractivity contribution in [1.82, 2.24) is 5.32 Å². The van der Waals surface area contributed by atoms with E-state index in [0.717, 1.165) is 0 Å². The van der Waals surface area contributed by atoms with Crippen LogP contribution < -0.4 is 5.32 Å². The maximum absolute atomic E-state index is 12.0. The van der Waals surface area contributed by atoms with Crippen LogP contribution in [0.25, 0.3) is 6.08 Å². The molecule has 0 unspecified atom stereocenters. The number of nitriles is 1. The zero-order valence-corrected chi connectivity index (χ0v) is 12.5. The summed E-state index contributed by atoms with van der Waals surface area (Å²) in [6.45, 7) is 0.220. The van der Waals surface area contributed by atoms with Crippen molar-refractivity contribution in [1.29, 1.82) is 5.26 Å². The molecule has 1 amide bonds. The Morgan fingerprint density at radius 3 is 2.68 bits per heavy atom.